The second kappa shape index (κ2) is 6.09. The minimum atomic E-state index is -0.573. The van der Waals surface area contributed by atoms with Crippen molar-refractivity contribution in [1.29, 1.82) is 0 Å². The first-order valence-electron chi connectivity index (χ1n) is 6.89. The van der Waals surface area contributed by atoms with E-state index in [1.54, 1.807) is 11.9 Å². The van der Waals surface area contributed by atoms with Gasteiger partial charge in [-0.25, -0.2) is 0 Å². The van der Waals surface area contributed by atoms with Crippen LogP contribution in [0.2, 0.25) is 0 Å². The Morgan fingerprint density at radius 2 is 2.29 bits per heavy atom. The molecule has 1 heterocycles. The molecule has 0 radical (unpaired) electrons. The Hall–Kier alpha value is -2.15. The van der Waals surface area contributed by atoms with Crippen LogP contribution in [-0.2, 0) is 0 Å². The van der Waals surface area contributed by atoms with Crippen LogP contribution in [0.25, 0.3) is 0 Å². The molecule has 1 saturated heterocycles. The first kappa shape index (κ1) is 15.2. The lowest BCUT2D eigenvalue weighted by Crippen LogP contribution is -2.39. The Balaban J connectivity index is 2.12. The number of hydrogen-bond acceptors (Lipinski definition) is 5. The Bertz CT molecular complexity index is 561. The fraction of sp³-hybridized carbons (Fsp3) is 0.500. The van der Waals surface area contributed by atoms with Crippen molar-refractivity contribution in [3.8, 4) is 0 Å². The van der Waals surface area contributed by atoms with Crippen LogP contribution in [0.15, 0.2) is 18.2 Å². The number of likely N-dealkylation sites (N-methyl/N-ethyl adjacent to an activating group) is 2. The van der Waals surface area contributed by atoms with Crippen molar-refractivity contribution in [3.05, 3.63) is 33.9 Å². The summed E-state index contributed by atoms with van der Waals surface area (Å²) in [5.74, 6) is -0.224. The van der Waals surface area contributed by atoms with Gasteiger partial charge in [-0.3, -0.25) is 14.9 Å². The van der Waals surface area contributed by atoms with Gasteiger partial charge in [-0.1, -0.05) is 0 Å². The normalized spacial score (nSPS) is 18.7. The van der Waals surface area contributed by atoms with E-state index in [1.807, 2.05) is 7.05 Å². The number of likely N-dealkylation sites (tertiary alicyclic amines) is 1. The zero-order chi connectivity index (χ0) is 15.6. The monoisotopic (exact) mass is 292 g/mol. The van der Waals surface area contributed by atoms with Crippen LogP contribution in [0.5, 0.6) is 0 Å². The molecule has 1 aromatic carbocycles. The SMILES string of the molecule is CN(CC1CCCN1C)C(=O)c1ccc(N)c([N+](=O)[O-])c1. The van der Waals surface area contributed by atoms with Gasteiger partial charge in [0.05, 0.1) is 4.92 Å². The fourth-order valence-corrected chi connectivity index (χ4v) is 2.66. The largest absolute Gasteiger partial charge is 0.393 e. The molecule has 1 atom stereocenters. The Morgan fingerprint density at radius 1 is 1.57 bits per heavy atom. The Kier molecular flexibility index (Phi) is 4.42. The van der Waals surface area contributed by atoms with Crippen molar-refractivity contribution in [2.75, 3.05) is 32.9 Å². The third-order valence-electron chi connectivity index (χ3n) is 3.98. The minimum Gasteiger partial charge on any atom is -0.393 e. The number of carbonyl (C=O) groups excluding carboxylic acids is 1. The van der Waals surface area contributed by atoms with E-state index in [-0.39, 0.29) is 17.3 Å². The number of hydrogen-bond donors (Lipinski definition) is 1. The van der Waals surface area contributed by atoms with Crippen molar-refractivity contribution in [3.63, 3.8) is 0 Å². The van der Waals surface area contributed by atoms with E-state index in [2.05, 4.69) is 4.90 Å². The van der Waals surface area contributed by atoms with E-state index in [0.29, 0.717) is 18.2 Å². The summed E-state index contributed by atoms with van der Waals surface area (Å²) >= 11 is 0. The van der Waals surface area contributed by atoms with Crippen LogP contribution in [-0.4, -0.2) is 53.9 Å². The highest BCUT2D eigenvalue weighted by molar-refractivity contribution is 5.95. The summed E-state index contributed by atoms with van der Waals surface area (Å²) in [5.41, 5.74) is 5.67. The van der Waals surface area contributed by atoms with Gasteiger partial charge in [-0.15, -0.1) is 0 Å². The van der Waals surface area contributed by atoms with Crippen LogP contribution >= 0.6 is 0 Å². The second-order valence-corrected chi connectivity index (χ2v) is 5.49. The Morgan fingerprint density at radius 3 is 2.86 bits per heavy atom. The third kappa shape index (κ3) is 3.30. The van der Waals surface area contributed by atoms with E-state index in [1.165, 1.54) is 18.2 Å². The number of nitrogens with two attached hydrogens (primary N) is 1. The molecule has 7 nitrogen and oxygen atoms in total. The number of anilines is 1. The maximum atomic E-state index is 12.4. The van der Waals surface area contributed by atoms with Crippen LogP contribution in [0.3, 0.4) is 0 Å². The zero-order valence-electron chi connectivity index (χ0n) is 12.3. The average molecular weight is 292 g/mol. The van der Waals surface area contributed by atoms with Crippen LogP contribution in [0.1, 0.15) is 23.2 Å². The van der Waals surface area contributed by atoms with Gasteiger partial charge in [0, 0.05) is 31.3 Å². The molecular formula is C14H20N4O3. The number of carbonyl (C=O) groups is 1. The molecule has 1 fully saturated rings. The summed E-state index contributed by atoms with van der Waals surface area (Å²) in [5, 5.41) is 10.9. The average Bonchev–Trinajstić information content (AvgIpc) is 2.83. The standard InChI is InChI=1S/C14H20N4O3/c1-16-7-3-4-11(16)9-17(2)14(19)10-5-6-12(15)13(8-10)18(20)21/h5-6,8,11H,3-4,7,9,15H2,1-2H3. The van der Waals surface area contributed by atoms with Gasteiger partial charge >= 0.3 is 0 Å². The molecule has 21 heavy (non-hydrogen) atoms. The van der Waals surface area contributed by atoms with Gasteiger partial charge in [0.2, 0.25) is 0 Å². The summed E-state index contributed by atoms with van der Waals surface area (Å²) in [6.45, 7) is 1.66. The quantitative estimate of drug-likeness (QED) is 0.513. The summed E-state index contributed by atoms with van der Waals surface area (Å²) in [4.78, 5) is 26.5. The van der Waals surface area contributed by atoms with Crippen molar-refractivity contribution >= 4 is 17.3 Å². The predicted octanol–water partition coefficient (Wildman–Crippen LogP) is 1.34. The van der Waals surface area contributed by atoms with Crippen molar-refractivity contribution < 1.29 is 9.72 Å². The third-order valence-corrected chi connectivity index (χ3v) is 3.98. The first-order chi connectivity index (χ1) is 9.90. The highest BCUT2D eigenvalue weighted by Gasteiger charge is 2.25. The van der Waals surface area contributed by atoms with Crippen LogP contribution < -0.4 is 5.73 Å². The van der Waals surface area contributed by atoms with Crippen LogP contribution in [0.4, 0.5) is 11.4 Å². The summed E-state index contributed by atoms with van der Waals surface area (Å²) in [6, 6.07) is 4.52. The molecule has 0 saturated carbocycles. The van der Waals surface area contributed by atoms with Gasteiger partial charge in [-0.2, -0.15) is 0 Å². The number of rotatable bonds is 4. The molecule has 1 amide bonds. The van der Waals surface area contributed by atoms with Gasteiger partial charge in [0.25, 0.3) is 11.6 Å². The molecular weight excluding hydrogens is 272 g/mol. The maximum Gasteiger partial charge on any atom is 0.292 e. The molecule has 0 aromatic heterocycles. The number of benzene rings is 1. The van der Waals surface area contributed by atoms with Crippen LogP contribution in [0, 0.1) is 10.1 Å². The van der Waals surface area contributed by atoms with Gasteiger partial charge in [0.15, 0.2) is 0 Å². The molecule has 1 unspecified atom stereocenters. The molecule has 2 N–H and O–H groups in total. The molecule has 0 spiro atoms. The molecule has 0 aliphatic carbocycles. The highest BCUT2D eigenvalue weighted by Crippen LogP contribution is 2.23. The van der Waals surface area contributed by atoms with E-state index in [0.717, 1.165) is 19.4 Å². The smallest absolute Gasteiger partial charge is 0.292 e. The number of nitro groups is 1. The van der Waals surface area contributed by atoms with Gasteiger partial charge in [-0.05, 0) is 38.6 Å². The number of nitrogens with zero attached hydrogens (tertiary/aromatic N) is 3. The van der Waals surface area contributed by atoms with Crippen molar-refractivity contribution in [2.45, 2.75) is 18.9 Å². The lowest BCUT2D eigenvalue weighted by molar-refractivity contribution is -0.383. The molecule has 1 aliphatic heterocycles. The van der Waals surface area contributed by atoms with Crippen molar-refractivity contribution in [2.24, 2.45) is 0 Å². The molecule has 1 aliphatic rings. The molecule has 2 rings (SSSR count). The zero-order valence-corrected chi connectivity index (χ0v) is 12.3. The van der Waals surface area contributed by atoms with E-state index < -0.39 is 4.92 Å². The lowest BCUT2D eigenvalue weighted by atomic mass is 10.1. The second-order valence-electron chi connectivity index (χ2n) is 5.49. The Labute approximate surface area is 123 Å². The summed E-state index contributed by atoms with van der Waals surface area (Å²) in [7, 11) is 3.76. The summed E-state index contributed by atoms with van der Waals surface area (Å²) in [6.07, 6.45) is 2.20. The highest BCUT2D eigenvalue weighted by atomic mass is 16.6. The van der Waals surface area contributed by atoms with E-state index >= 15 is 0 Å². The molecule has 1 aromatic rings. The maximum absolute atomic E-state index is 12.4. The molecule has 114 valence electrons. The minimum absolute atomic E-state index is 0.0646. The topological polar surface area (TPSA) is 92.7 Å². The summed E-state index contributed by atoms with van der Waals surface area (Å²) < 4.78 is 0. The number of amides is 1. The predicted molar refractivity (Wildman–Crippen MR) is 80.1 cm³/mol. The lowest BCUT2D eigenvalue weighted by Gasteiger charge is -2.25. The molecule has 7 heteroatoms. The molecule has 0 bridgehead atoms. The first-order valence-corrected chi connectivity index (χ1v) is 6.89. The van der Waals surface area contributed by atoms with E-state index in [9.17, 15) is 14.9 Å². The van der Waals surface area contributed by atoms with Gasteiger partial charge < -0.3 is 15.5 Å². The van der Waals surface area contributed by atoms with E-state index in [4.69, 9.17) is 5.73 Å². The number of nitrogen functional groups attached to an aromatic ring is 1. The fourth-order valence-electron chi connectivity index (χ4n) is 2.66. The van der Waals surface area contributed by atoms with Crippen molar-refractivity contribution in [1.82, 2.24) is 9.80 Å². The van der Waals surface area contributed by atoms with Gasteiger partial charge in [0.1, 0.15) is 5.69 Å². The number of nitro benzene ring substituents is 1.